The molecule has 0 aliphatic rings. The van der Waals surface area contributed by atoms with Crippen LogP contribution in [0.15, 0.2) is 36.8 Å². The molecule has 1 atom stereocenters. The van der Waals surface area contributed by atoms with Crippen LogP contribution in [0.4, 0.5) is 0 Å². The van der Waals surface area contributed by atoms with Crippen molar-refractivity contribution in [3.05, 3.63) is 48.0 Å². The lowest BCUT2D eigenvalue weighted by Crippen LogP contribution is -2.33. The number of hydrogen-bond acceptors (Lipinski definition) is 4. The van der Waals surface area contributed by atoms with Gasteiger partial charge in [-0.05, 0) is 18.6 Å². The van der Waals surface area contributed by atoms with E-state index in [1.807, 2.05) is 12.1 Å². The maximum atomic E-state index is 11.9. The van der Waals surface area contributed by atoms with Crippen molar-refractivity contribution in [1.82, 2.24) is 20.1 Å². The summed E-state index contributed by atoms with van der Waals surface area (Å²) in [5, 5.41) is 15.6. The molecule has 0 fully saturated rings. The number of nitrogens with one attached hydrogen (secondary N) is 1. The number of aliphatic carboxylic acids is 1. The highest BCUT2D eigenvalue weighted by Crippen LogP contribution is 2.12. The molecule has 2 aromatic rings. The van der Waals surface area contributed by atoms with Crippen LogP contribution in [0.25, 0.3) is 0 Å². The fourth-order valence-corrected chi connectivity index (χ4v) is 1.90. The number of aromatic nitrogens is 3. The van der Waals surface area contributed by atoms with Crippen LogP contribution in [-0.2, 0) is 23.1 Å². The van der Waals surface area contributed by atoms with Crippen LogP contribution in [0.5, 0.6) is 0 Å². The first kappa shape index (κ1) is 14.7. The van der Waals surface area contributed by atoms with Crippen LogP contribution in [0.2, 0.25) is 0 Å². The topological polar surface area (TPSA) is 97.1 Å². The molecule has 0 aliphatic carbocycles. The molecule has 0 aliphatic heterocycles. The van der Waals surface area contributed by atoms with Gasteiger partial charge in [0.05, 0.1) is 6.20 Å². The molecule has 7 heteroatoms. The number of amides is 1. The van der Waals surface area contributed by atoms with E-state index in [9.17, 15) is 14.7 Å². The summed E-state index contributed by atoms with van der Waals surface area (Å²) in [6, 6.07) is 4.38. The molecule has 0 saturated carbocycles. The van der Waals surface area contributed by atoms with Gasteiger partial charge in [-0.2, -0.15) is 5.10 Å². The maximum Gasteiger partial charge on any atom is 0.331 e. The standard InChI is InChI=1S/C14H16N4O3/c1-18-9-10(8-16-18)13(14(20)21)17-12(19)6-5-11-4-2-3-7-15-11/h2-4,7-9,13H,5-6H2,1H3,(H,17,19)(H,20,21). The van der Waals surface area contributed by atoms with Gasteiger partial charge in [-0.25, -0.2) is 4.79 Å². The summed E-state index contributed by atoms with van der Waals surface area (Å²) in [6.07, 6.45) is 5.30. The first-order valence-electron chi connectivity index (χ1n) is 6.47. The van der Waals surface area contributed by atoms with E-state index in [2.05, 4.69) is 15.4 Å². The Hall–Kier alpha value is -2.70. The molecule has 21 heavy (non-hydrogen) atoms. The molecule has 2 rings (SSSR count). The third-order valence-electron chi connectivity index (χ3n) is 2.94. The van der Waals surface area contributed by atoms with E-state index in [0.29, 0.717) is 12.0 Å². The fourth-order valence-electron chi connectivity index (χ4n) is 1.90. The molecule has 0 saturated heterocycles. The second kappa shape index (κ2) is 6.65. The predicted molar refractivity (Wildman–Crippen MR) is 74.3 cm³/mol. The monoisotopic (exact) mass is 288 g/mol. The molecule has 0 aromatic carbocycles. The number of nitrogens with zero attached hydrogens (tertiary/aromatic N) is 3. The van der Waals surface area contributed by atoms with Crippen molar-refractivity contribution in [1.29, 1.82) is 0 Å². The summed E-state index contributed by atoms with van der Waals surface area (Å²) >= 11 is 0. The third-order valence-corrected chi connectivity index (χ3v) is 2.94. The van der Waals surface area contributed by atoms with Gasteiger partial charge < -0.3 is 10.4 Å². The number of carbonyl (C=O) groups is 2. The van der Waals surface area contributed by atoms with E-state index in [1.54, 1.807) is 25.5 Å². The summed E-state index contributed by atoms with van der Waals surface area (Å²) in [4.78, 5) is 27.3. The first-order chi connectivity index (χ1) is 10.1. The molecule has 0 bridgehead atoms. The average molecular weight is 288 g/mol. The Morgan fingerprint density at radius 1 is 1.43 bits per heavy atom. The van der Waals surface area contributed by atoms with Crippen molar-refractivity contribution in [2.24, 2.45) is 7.05 Å². The Morgan fingerprint density at radius 3 is 2.81 bits per heavy atom. The van der Waals surface area contributed by atoms with Gasteiger partial charge >= 0.3 is 5.97 Å². The Morgan fingerprint density at radius 2 is 2.24 bits per heavy atom. The lowest BCUT2D eigenvalue weighted by atomic mass is 10.1. The molecule has 2 aromatic heterocycles. The summed E-state index contributed by atoms with van der Waals surface area (Å²) < 4.78 is 1.49. The van der Waals surface area contributed by atoms with Gasteiger partial charge in [0.2, 0.25) is 5.91 Å². The number of pyridine rings is 1. The van der Waals surface area contributed by atoms with Crippen molar-refractivity contribution >= 4 is 11.9 Å². The SMILES string of the molecule is Cn1cc(C(NC(=O)CCc2ccccn2)C(=O)O)cn1. The van der Waals surface area contributed by atoms with E-state index < -0.39 is 12.0 Å². The normalized spacial score (nSPS) is 11.9. The Kier molecular flexibility index (Phi) is 4.65. The van der Waals surface area contributed by atoms with Gasteiger partial charge in [0, 0.05) is 37.1 Å². The summed E-state index contributed by atoms with van der Waals surface area (Å²) in [6.45, 7) is 0. The van der Waals surface area contributed by atoms with Crippen LogP contribution in [0.3, 0.4) is 0 Å². The number of carbonyl (C=O) groups excluding carboxylic acids is 1. The Labute approximate surface area is 121 Å². The second-order valence-corrected chi connectivity index (χ2v) is 4.61. The quantitative estimate of drug-likeness (QED) is 0.815. The van der Waals surface area contributed by atoms with Crippen LogP contribution < -0.4 is 5.32 Å². The maximum absolute atomic E-state index is 11.9. The van der Waals surface area contributed by atoms with Crippen molar-refractivity contribution in [3.63, 3.8) is 0 Å². The number of rotatable bonds is 6. The zero-order valence-electron chi connectivity index (χ0n) is 11.6. The molecule has 0 spiro atoms. The lowest BCUT2D eigenvalue weighted by molar-refractivity contribution is -0.142. The molecule has 1 amide bonds. The van der Waals surface area contributed by atoms with E-state index in [1.165, 1.54) is 10.9 Å². The summed E-state index contributed by atoms with van der Waals surface area (Å²) in [5.74, 6) is -1.45. The van der Waals surface area contributed by atoms with Gasteiger partial charge in [-0.15, -0.1) is 0 Å². The molecule has 1 unspecified atom stereocenters. The van der Waals surface area contributed by atoms with E-state index in [-0.39, 0.29) is 12.3 Å². The molecule has 2 heterocycles. The van der Waals surface area contributed by atoms with Crippen molar-refractivity contribution in [3.8, 4) is 0 Å². The van der Waals surface area contributed by atoms with E-state index in [4.69, 9.17) is 0 Å². The smallest absolute Gasteiger partial charge is 0.331 e. The van der Waals surface area contributed by atoms with Crippen molar-refractivity contribution in [2.75, 3.05) is 0 Å². The molecule has 110 valence electrons. The van der Waals surface area contributed by atoms with Crippen LogP contribution in [0, 0.1) is 0 Å². The first-order valence-corrected chi connectivity index (χ1v) is 6.47. The minimum Gasteiger partial charge on any atom is -0.479 e. The average Bonchev–Trinajstić information content (AvgIpc) is 2.89. The zero-order chi connectivity index (χ0) is 15.2. The number of carboxylic acid groups (broad SMARTS) is 1. The molecule has 2 N–H and O–H groups in total. The minimum absolute atomic E-state index is 0.182. The zero-order valence-corrected chi connectivity index (χ0v) is 11.6. The van der Waals surface area contributed by atoms with Crippen LogP contribution in [-0.4, -0.2) is 31.7 Å². The van der Waals surface area contributed by atoms with Crippen LogP contribution >= 0.6 is 0 Å². The van der Waals surface area contributed by atoms with Gasteiger partial charge in [0.15, 0.2) is 6.04 Å². The predicted octanol–water partition coefficient (Wildman–Crippen LogP) is 0.690. The third kappa shape index (κ3) is 4.13. The van der Waals surface area contributed by atoms with Gasteiger partial charge in [0.1, 0.15) is 0 Å². The number of aryl methyl sites for hydroxylation is 2. The second-order valence-electron chi connectivity index (χ2n) is 4.61. The molecule has 0 radical (unpaired) electrons. The van der Waals surface area contributed by atoms with Crippen LogP contribution in [0.1, 0.15) is 23.7 Å². The largest absolute Gasteiger partial charge is 0.479 e. The molecule has 7 nitrogen and oxygen atoms in total. The highest BCUT2D eigenvalue weighted by Gasteiger charge is 2.23. The summed E-state index contributed by atoms with van der Waals surface area (Å²) in [5.41, 5.74) is 1.23. The Bertz CT molecular complexity index is 624. The van der Waals surface area contributed by atoms with E-state index in [0.717, 1.165) is 5.69 Å². The van der Waals surface area contributed by atoms with Crippen molar-refractivity contribution in [2.45, 2.75) is 18.9 Å². The number of carboxylic acids is 1. The van der Waals surface area contributed by atoms with Gasteiger partial charge in [0.25, 0.3) is 0 Å². The lowest BCUT2D eigenvalue weighted by Gasteiger charge is -2.12. The fraction of sp³-hybridized carbons (Fsp3) is 0.286. The highest BCUT2D eigenvalue weighted by molar-refractivity contribution is 5.84. The summed E-state index contributed by atoms with van der Waals surface area (Å²) in [7, 11) is 1.69. The van der Waals surface area contributed by atoms with Gasteiger partial charge in [-0.3, -0.25) is 14.5 Å². The van der Waals surface area contributed by atoms with E-state index >= 15 is 0 Å². The Balaban J connectivity index is 1.94. The van der Waals surface area contributed by atoms with Gasteiger partial charge in [-0.1, -0.05) is 6.07 Å². The molecular weight excluding hydrogens is 272 g/mol. The number of hydrogen-bond donors (Lipinski definition) is 2. The minimum atomic E-state index is -1.12. The highest BCUT2D eigenvalue weighted by atomic mass is 16.4. The van der Waals surface area contributed by atoms with Crippen molar-refractivity contribution < 1.29 is 14.7 Å². The molecular formula is C14H16N4O3.